The highest BCUT2D eigenvalue weighted by Gasteiger charge is 2.41. The average molecular weight is 392 g/mol. The zero-order chi connectivity index (χ0) is 13.3. The highest BCUT2D eigenvalue weighted by molar-refractivity contribution is 14.1. The first kappa shape index (κ1) is 14.0. The summed E-state index contributed by atoms with van der Waals surface area (Å²) in [4.78, 5) is 0. The first-order valence-corrected chi connectivity index (χ1v) is 8.49. The highest BCUT2D eigenvalue weighted by Crippen LogP contribution is 2.43. The van der Waals surface area contributed by atoms with Crippen molar-refractivity contribution in [2.45, 2.75) is 50.2 Å². The number of benzene rings is 1. The predicted molar refractivity (Wildman–Crippen MR) is 88.0 cm³/mol. The summed E-state index contributed by atoms with van der Waals surface area (Å²) in [7, 11) is 0. The van der Waals surface area contributed by atoms with E-state index in [1.54, 1.807) is 0 Å². The molecule has 2 aliphatic rings. The Morgan fingerprint density at radius 3 is 2.84 bits per heavy atom. The third-order valence-electron chi connectivity index (χ3n) is 4.30. The van der Waals surface area contributed by atoms with E-state index in [0.29, 0.717) is 6.10 Å². The SMILES string of the molecule is Clc1ccc(NCC2CCC3(CCCC3)O2)c(I)c1. The van der Waals surface area contributed by atoms with Crippen LogP contribution in [0.15, 0.2) is 18.2 Å². The van der Waals surface area contributed by atoms with Gasteiger partial charge in [-0.2, -0.15) is 0 Å². The Morgan fingerprint density at radius 1 is 1.32 bits per heavy atom. The monoisotopic (exact) mass is 391 g/mol. The molecule has 19 heavy (non-hydrogen) atoms. The average Bonchev–Trinajstić information content (AvgIpc) is 2.99. The fraction of sp³-hybridized carbons (Fsp3) is 0.600. The van der Waals surface area contributed by atoms with Crippen LogP contribution >= 0.6 is 34.2 Å². The maximum Gasteiger partial charge on any atom is 0.0756 e. The van der Waals surface area contributed by atoms with E-state index in [-0.39, 0.29) is 5.60 Å². The molecule has 1 N–H and O–H groups in total. The Bertz CT molecular complexity index is 459. The van der Waals surface area contributed by atoms with E-state index in [9.17, 15) is 0 Å². The molecule has 0 bridgehead atoms. The second kappa shape index (κ2) is 5.78. The molecule has 1 aromatic carbocycles. The smallest absolute Gasteiger partial charge is 0.0756 e. The van der Waals surface area contributed by atoms with Gasteiger partial charge < -0.3 is 10.1 Å². The van der Waals surface area contributed by atoms with E-state index in [1.165, 1.54) is 42.1 Å². The van der Waals surface area contributed by atoms with Crippen LogP contribution in [-0.4, -0.2) is 18.2 Å². The van der Waals surface area contributed by atoms with Crippen LogP contribution in [0.25, 0.3) is 0 Å². The number of hydrogen-bond acceptors (Lipinski definition) is 2. The standard InChI is InChI=1S/C15H19ClINO/c16-11-3-4-14(13(17)9-11)18-10-12-5-8-15(19-12)6-1-2-7-15/h3-4,9,12,18H,1-2,5-8,10H2. The molecule has 1 spiro atoms. The Balaban J connectivity index is 1.55. The zero-order valence-electron chi connectivity index (χ0n) is 10.9. The minimum Gasteiger partial charge on any atom is -0.382 e. The lowest BCUT2D eigenvalue weighted by atomic mass is 9.98. The molecule has 1 aromatic rings. The highest BCUT2D eigenvalue weighted by atomic mass is 127. The number of hydrogen-bond donors (Lipinski definition) is 1. The van der Waals surface area contributed by atoms with E-state index >= 15 is 0 Å². The third-order valence-corrected chi connectivity index (χ3v) is 5.43. The molecule has 1 unspecified atom stereocenters. The van der Waals surface area contributed by atoms with Gasteiger partial charge in [0.25, 0.3) is 0 Å². The van der Waals surface area contributed by atoms with E-state index < -0.39 is 0 Å². The molecule has 1 heterocycles. The topological polar surface area (TPSA) is 21.3 Å². The van der Waals surface area contributed by atoms with Gasteiger partial charge in [-0.3, -0.25) is 0 Å². The van der Waals surface area contributed by atoms with Gasteiger partial charge in [0.1, 0.15) is 0 Å². The molecular weight excluding hydrogens is 373 g/mol. The summed E-state index contributed by atoms with van der Waals surface area (Å²) in [5.41, 5.74) is 1.39. The van der Waals surface area contributed by atoms with E-state index in [0.717, 1.165) is 17.3 Å². The Hall–Kier alpha value is -0.000000000000000111. The molecule has 1 aliphatic carbocycles. The normalized spacial score (nSPS) is 25.1. The van der Waals surface area contributed by atoms with Crippen LogP contribution in [0.5, 0.6) is 0 Å². The molecule has 1 saturated heterocycles. The fourth-order valence-corrected chi connectivity index (χ4v) is 4.35. The van der Waals surface area contributed by atoms with Crippen molar-refractivity contribution < 1.29 is 4.74 Å². The van der Waals surface area contributed by atoms with Gasteiger partial charge in [-0.1, -0.05) is 24.4 Å². The molecule has 0 aromatic heterocycles. The lowest BCUT2D eigenvalue weighted by Gasteiger charge is -2.24. The van der Waals surface area contributed by atoms with Crippen LogP contribution in [0.1, 0.15) is 38.5 Å². The second-order valence-electron chi connectivity index (χ2n) is 5.67. The molecule has 2 fully saturated rings. The number of halogens is 2. The van der Waals surface area contributed by atoms with Gasteiger partial charge in [0.15, 0.2) is 0 Å². The Kier molecular flexibility index (Phi) is 4.25. The summed E-state index contributed by atoms with van der Waals surface area (Å²) in [6, 6.07) is 5.96. The summed E-state index contributed by atoms with van der Waals surface area (Å²) in [6.45, 7) is 0.902. The van der Waals surface area contributed by atoms with Crippen molar-refractivity contribution in [3.63, 3.8) is 0 Å². The van der Waals surface area contributed by atoms with E-state index in [4.69, 9.17) is 16.3 Å². The van der Waals surface area contributed by atoms with Gasteiger partial charge >= 0.3 is 0 Å². The largest absolute Gasteiger partial charge is 0.382 e. The van der Waals surface area contributed by atoms with Gasteiger partial charge in [-0.25, -0.2) is 0 Å². The van der Waals surface area contributed by atoms with Crippen molar-refractivity contribution in [1.29, 1.82) is 0 Å². The second-order valence-corrected chi connectivity index (χ2v) is 7.27. The van der Waals surface area contributed by atoms with Gasteiger partial charge in [-0.05, 0) is 66.5 Å². The fourth-order valence-electron chi connectivity index (χ4n) is 3.28. The summed E-state index contributed by atoms with van der Waals surface area (Å²) < 4.78 is 7.47. The summed E-state index contributed by atoms with van der Waals surface area (Å²) in [5, 5.41) is 4.29. The molecule has 0 amide bonds. The number of anilines is 1. The lowest BCUT2D eigenvalue weighted by molar-refractivity contribution is -0.0307. The van der Waals surface area contributed by atoms with Crippen molar-refractivity contribution in [1.82, 2.24) is 0 Å². The van der Waals surface area contributed by atoms with E-state index in [1.807, 2.05) is 18.2 Å². The van der Waals surface area contributed by atoms with E-state index in [2.05, 4.69) is 27.9 Å². The van der Waals surface area contributed by atoms with Crippen molar-refractivity contribution in [2.24, 2.45) is 0 Å². The molecular formula is C15H19ClINO. The number of rotatable bonds is 3. The Labute approximate surface area is 133 Å². The first-order chi connectivity index (χ1) is 9.17. The van der Waals surface area contributed by atoms with Crippen molar-refractivity contribution >= 4 is 39.9 Å². The van der Waals surface area contributed by atoms with Crippen LogP contribution in [0, 0.1) is 3.57 Å². The van der Waals surface area contributed by atoms with Crippen molar-refractivity contribution in [3.05, 3.63) is 26.8 Å². The zero-order valence-corrected chi connectivity index (χ0v) is 13.8. The van der Waals surface area contributed by atoms with Crippen LogP contribution < -0.4 is 5.32 Å². The maximum atomic E-state index is 6.30. The van der Waals surface area contributed by atoms with Gasteiger partial charge in [0.05, 0.1) is 11.7 Å². The van der Waals surface area contributed by atoms with Gasteiger partial charge in [-0.15, -0.1) is 0 Å². The first-order valence-electron chi connectivity index (χ1n) is 7.04. The molecule has 1 aliphatic heterocycles. The summed E-state index contributed by atoms with van der Waals surface area (Å²) >= 11 is 8.29. The molecule has 2 nitrogen and oxygen atoms in total. The number of nitrogens with one attached hydrogen (secondary N) is 1. The molecule has 0 radical (unpaired) electrons. The van der Waals surface area contributed by atoms with Crippen LogP contribution in [0.2, 0.25) is 5.02 Å². The van der Waals surface area contributed by atoms with Crippen LogP contribution in [0.3, 0.4) is 0 Å². The van der Waals surface area contributed by atoms with Crippen molar-refractivity contribution in [2.75, 3.05) is 11.9 Å². The minimum atomic E-state index is 0.236. The van der Waals surface area contributed by atoms with Crippen molar-refractivity contribution in [3.8, 4) is 0 Å². The Morgan fingerprint density at radius 2 is 2.11 bits per heavy atom. The third kappa shape index (κ3) is 3.19. The molecule has 1 atom stereocenters. The molecule has 104 valence electrons. The quantitative estimate of drug-likeness (QED) is 0.744. The molecule has 4 heteroatoms. The van der Waals surface area contributed by atoms with Gasteiger partial charge in [0.2, 0.25) is 0 Å². The molecule has 3 rings (SSSR count). The summed E-state index contributed by atoms with van der Waals surface area (Å²) in [5.74, 6) is 0. The van der Waals surface area contributed by atoms with Gasteiger partial charge in [0, 0.05) is 20.8 Å². The van der Waals surface area contributed by atoms with Crippen LogP contribution in [-0.2, 0) is 4.74 Å². The number of ether oxygens (including phenoxy) is 1. The maximum absolute atomic E-state index is 6.30. The predicted octanol–water partition coefficient (Wildman–Crippen LogP) is 4.85. The summed E-state index contributed by atoms with van der Waals surface area (Å²) in [6.07, 6.45) is 8.02. The van der Waals surface area contributed by atoms with Crippen LogP contribution in [0.4, 0.5) is 5.69 Å². The lowest BCUT2D eigenvalue weighted by Crippen LogP contribution is -2.28. The molecule has 1 saturated carbocycles. The minimum absolute atomic E-state index is 0.236.